The molecule has 0 fully saturated rings. The van der Waals surface area contributed by atoms with Crippen LogP contribution in [-0.2, 0) is 16.5 Å². The van der Waals surface area contributed by atoms with Crippen molar-refractivity contribution in [3.05, 3.63) is 69.6 Å². The number of nitrogens with zero attached hydrogens (tertiary/aromatic N) is 1. The van der Waals surface area contributed by atoms with Crippen molar-refractivity contribution >= 4 is 28.3 Å². The van der Waals surface area contributed by atoms with Crippen LogP contribution >= 0.6 is 0 Å². The summed E-state index contributed by atoms with van der Waals surface area (Å²) in [6.45, 7) is 3.30. The molecule has 0 radical (unpaired) electrons. The Hall–Kier alpha value is -2.96. The smallest absolute Gasteiger partial charge is 0.872 e. The number of carbonyl (C=O) groups excluding carboxylic acids is 1. The van der Waals surface area contributed by atoms with E-state index in [1.807, 2.05) is 0 Å². The number of fused-ring (bicyclic) bond motifs is 1. The molecule has 1 heterocycles. The van der Waals surface area contributed by atoms with Gasteiger partial charge in [-0.25, -0.2) is 4.79 Å². The van der Waals surface area contributed by atoms with Crippen LogP contribution in [0.25, 0.3) is 11.0 Å². The van der Waals surface area contributed by atoms with E-state index in [9.17, 15) is 19.8 Å². The van der Waals surface area contributed by atoms with Gasteiger partial charge in [0.25, 0.3) is 0 Å². The van der Waals surface area contributed by atoms with E-state index < -0.39 is 11.6 Å². The quantitative estimate of drug-likeness (QED) is 0.357. The van der Waals surface area contributed by atoms with Crippen LogP contribution in [0.3, 0.4) is 0 Å². The van der Waals surface area contributed by atoms with Gasteiger partial charge in [0.05, 0.1) is 11.7 Å². The van der Waals surface area contributed by atoms with Crippen LogP contribution < -0.4 is 15.8 Å². The number of aliphatic imine (C=N–C) groups is 1. The Morgan fingerprint density at radius 2 is 1.81 bits per heavy atom. The molecule has 142 valence electrons. The first-order valence-electron chi connectivity index (χ1n) is 7.49. The molecule has 0 unspecified atom stereocenters. The minimum atomic E-state index is -1.37. The van der Waals surface area contributed by atoms with Gasteiger partial charge in [-0.05, 0) is 25.5 Å². The van der Waals surface area contributed by atoms with Gasteiger partial charge in [-0.2, -0.15) is 0 Å². The number of carboxylic acid groups (broad SMARTS) is 1. The molecule has 8 heteroatoms. The Morgan fingerprint density at radius 3 is 2.48 bits per heavy atom. The van der Waals surface area contributed by atoms with Gasteiger partial charge in [-0.1, -0.05) is 36.1 Å². The van der Waals surface area contributed by atoms with E-state index in [1.165, 1.54) is 24.3 Å². The summed E-state index contributed by atoms with van der Waals surface area (Å²) in [5.74, 6) is -1.73. The van der Waals surface area contributed by atoms with Crippen molar-refractivity contribution in [3.8, 4) is 5.75 Å². The number of hydrogen-bond acceptors (Lipinski definition) is 6. The Balaban J connectivity index is 0.00000182. The van der Waals surface area contributed by atoms with E-state index in [4.69, 9.17) is 4.42 Å². The third-order valence-electron chi connectivity index (χ3n) is 3.86. The number of carbonyl (C=O) groups is 1. The van der Waals surface area contributed by atoms with Crippen molar-refractivity contribution < 1.29 is 41.4 Å². The summed E-state index contributed by atoms with van der Waals surface area (Å²) < 4.78 is 5.23. The molecule has 3 aromatic rings. The molecule has 27 heavy (non-hydrogen) atoms. The number of aromatic carboxylic acids is 1. The first-order chi connectivity index (χ1) is 11.9. The molecular weight excluding hydrogens is 397 g/mol. The van der Waals surface area contributed by atoms with Gasteiger partial charge in [0, 0.05) is 28.3 Å². The molecule has 0 atom stereocenters. The van der Waals surface area contributed by atoms with Gasteiger partial charge >= 0.3 is 22.1 Å². The van der Waals surface area contributed by atoms with E-state index in [0.717, 1.165) is 0 Å². The van der Waals surface area contributed by atoms with Gasteiger partial charge < -0.3 is 24.9 Å². The summed E-state index contributed by atoms with van der Waals surface area (Å²) in [5, 5.41) is 24.2. The summed E-state index contributed by atoms with van der Waals surface area (Å²) in [4.78, 5) is 27.2. The zero-order valence-corrected chi connectivity index (χ0v) is 15.3. The first-order valence-corrected chi connectivity index (χ1v) is 7.49. The zero-order valence-electron chi connectivity index (χ0n) is 14.3. The molecule has 0 aliphatic heterocycles. The number of hydrogen-bond donors (Lipinski definition) is 0. The average Bonchev–Trinajstić information content (AvgIpc) is 2.54. The predicted molar refractivity (Wildman–Crippen MR) is 92.9 cm³/mol. The van der Waals surface area contributed by atoms with Gasteiger partial charge in [-0.15, -0.1) is 0 Å². The van der Waals surface area contributed by atoms with Crippen LogP contribution in [0.2, 0.25) is 0 Å². The molecule has 0 amide bonds. The zero-order chi connectivity index (χ0) is 18.1. The van der Waals surface area contributed by atoms with Crippen LogP contribution in [-0.4, -0.2) is 17.2 Å². The maximum Gasteiger partial charge on any atom is 2.00 e. The number of para-hydroxylation sites is 1. The maximum atomic E-state index is 12.3. The van der Waals surface area contributed by atoms with E-state index in [2.05, 4.69) is 4.99 Å². The standard InChI is InChI=1S/C19H15NO5.Ni.H2O/c1-10-9-16(22)25-18-12(10)7-8-15(21)17(18)11(2)20-14-6-4-3-5-13(14)19(23)24;;/h3-9,21H,1-2H3,(H,23,24);;1H2/q;+2;/p-2. The number of benzene rings is 2. The normalized spacial score (nSPS) is 10.8. The predicted octanol–water partition coefficient (Wildman–Crippen LogP) is 0.852. The van der Waals surface area contributed by atoms with Crippen molar-refractivity contribution in [1.29, 1.82) is 0 Å². The van der Waals surface area contributed by atoms with Gasteiger partial charge in [-0.3, -0.25) is 4.99 Å². The summed E-state index contributed by atoms with van der Waals surface area (Å²) in [6, 6.07) is 10.4. The van der Waals surface area contributed by atoms with Crippen LogP contribution in [0.5, 0.6) is 5.75 Å². The molecule has 0 aliphatic rings. The fraction of sp³-hybridized carbons (Fsp3) is 0.105. The third kappa shape index (κ3) is 4.24. The minimum Gasteiger partial charge on any atom is -0.872 e. The molecule has 1 aromatic heterocycles. The van der Waals surface area contributed by atoms with Gasteiger partial charge in [0.2, 0.25) is 0 Å². The van der Waals surface area contributed by atoms with Crippen molar-refractivity contribution in [2.75, 3.05) is 0 Å². The van der Waals surface area contributed by atoms with E-state index in [-0.39, 0.29) is 55.8 Å². The van der Waals surface area contributed by atoms with Gasteiger partial charge in [0.1, 0.15) is 5.58 Å². The third-order valence-corrected chi connectivity index (χ3v) is 3.86. The monoisotopic (exact) mass is 411 g/mol. The number of carboxylic acids is 1. The van der Waals surface area contributed by atoms with Crippen LogP contribution in [0.15, 0.2) is 56.7 Å². The molecule has 0 bridgehead atoms. The molecule has 0 spiro atoms. The van der Waals surface area contributed by atoms with Crippen molar-refractivity contribution in [2.45, 2.75) is 13.8 Å². The molecule has 2 N–H and O–H groups in total. The number of aryl methyl sites for hydroxylation is 1. The molecule has 7 nitrogen and oxygen atoms in total. The fourth-order valence-corrected chi connectivity index (χ4v) is 2.69. The Bertz CT molecular complexity index is 1090. The molecular formula is C19H15NNiO6. The Labute approximate surface area is 164 Å². The average molecular weight is 412 g/mol. The van der Waals surface area contributed by atoms with Crippen molar-refractivity contribution in [2.24, 2.45) is 4.99 Å². The second-order valence-corrected chi connectivity index (χ2v) is 5.57. The largest absolute Gasteiger partial charge is 2.00 e. The minimum absolute atomic E-state index is 0. The van der Waals surface area contributed by atoms with E-state index in [1.54, 1.807) is 32.0 Å². The second kappa shape index (κ2) is 8.62. The van der Waals surface area contributed by atoms with Crippen molar-refractivity contribution in [3.63, 3.8) is 0 Å². The van der Waals surface area contributed by atoms with Crippen LogP contribution in [0.4, 0.5) is 5.69 Å². The summed E-state index contributed by atoms with van der Waals surface area (Å²) in [6.07, 6.45) is 0. The molecule has 3 rings (SSSR count). The van der Waals surface area contributed by atoms with Gasteiger partial charge in [0.15, 0.2) is 0 Å². The fourth-order valence-electron chi connectivity index (χ4n) is 2.69. The van der Waals surface area contributed by atoms with Crippen LogP contribution in [0.1, 0.15) is 28.4 Å². The topological polar surface area (TPSA) is 137 Å². The van der Waals surface area contributed by atoms with Crippen molar-refractivity contribution in [1.82, 2.24) is 0 Å². The SMILES string of the molecule is CC(=Nc1ccccc1C(=O)[O-])c1c([O-])ccc2c(C)cc(=O)oc12.O.[Ni+2]. The molecule has 0 saturated carbocycles. The van der Waals surface area contributed by atoms with Crippen LogP contribution in [0, 0.1) is 6.92 Å². The maximum absolute atomic E-state index is 12.3. The summed E-state index contributed by atoms with van der Waals surface area (Å²) in [7, 11) is 0. The summed E-state index contributed by atoms with van der Waals surface area (Å²) in [5.41, 5.74) is 0.697. The summed E-state index contributed by atoms with van der Waals surface area (Å²) >= 11 is 0. The Morgan fingerprint density at radius 1 is 1.15 bits per heavy atom. The number of rotatable bonds is 3. The molecule has 2 aromatic carbocycles. The molecule has 0 saturated heterocycles. The second-order valence-electron chi connectivity index (χ2n) is 5.57. The Kier molecular flexibility index (Phi) is 7.05. The first kappa shape index (κ1) is 22.1. The van der Waals surface area contributed by atoms with E-state index in [0.29, 0.717) is 10.9 Å². The molecule has 0 aliphatic carbocycles. The van der Waals surface area contributed by atoms with E-state index >= 15 is 0 Å².